The van der Waals surface area contributed by atoms with Crippen LogP contribution in [0.5, 0.6) is 0 Å². The molecular formula is C16H19BrN4O4. The molecule has 0 aliphatic carbocycles. The molecule has 2 heterocycles. The van der Waals surface area contributed by atoms with Gasteiger partial charge in [0, 0.05) is 17.7 Å². The SMILES string of the molecule is CC(C)[C@H](NC(=O)c1ccco1)C(=O)NNC(=O)c1cc(Br)cn1C. The van der Waals surface area contributed by atoms with Crippen molar-refractivity contribution in [3.05, 3.63) is 46.6 Å². The summed E-state index contributed by atoms with van der Waals surface area (Å²) in [7, 11) is 1.71. The predicted molar refractivity (Wildman–Crippen MR) is 93.5 cm³/mol. The van der Waals surface area contributed by atoms with Crippen LogP contribution >= 0.6 is 15.9 Å². The lowest BCUT2D eigenvalue weighted by atomic mass is 10.0. The molecule has 0 spiro atoms. The fraction of sp³-hybridized carbons (Fsp3) is 0.312. The lowest BCUT2D eigenvalue weighted by Gasteiger charge is -2.21. The summed E-state index contributed by atoms with van der Waals surface area (Å²) in [6.45, 7) is 3.56. The summed E-state index contributed by atoms with van der Waals surface area (Å²) in [5.74, 6) is -1.59. The normalized spacial score (nSPS) is 11.9. The maximum absolute atomic E-state index is 12.3. The summed E-state index contributed by atoms with van der Waals surface area (Å²) < 4.78 is 7.37. The van der Waals surface area contributed by atoms with Gasteiger partial charge in [-0.05, 0) is 40.0 Å². The van der Waals surface area contributed by atoms with Crippen LogP contribution in [0.15, 0.2) is 39.5 Å². The largest absolute Gasteiger partial charge is 0.459 e. The number of carbonyl (C=O) groups is 3. The Bertz CT molecular complexity index is 767. The molecular weight excluding hydrogens is 392 g/mol. The van der Waals surface area contributed by atoms with Gasteiger partial charge in [-0.3, -0.25) is 25.2 Å². The summed E-state index contributed by atoms with van der Waals surface area (Å²) in [4.78, 5) is 36.5. The van der Waals surface area contributed by atoms with Crippen LogP contribution < -0.4 is 16.2 Å². The molecule has 0 bridgehead atoms. The van der Waals surface area contributed by atoms with Crippen LogP contribution in [0.25, 0.3) is 0 Å². The van der Waals surface area contributed by atoms with Gasteiger partial charge in [0.2, 0.25) is 0 Å². The number of aryl methyl sites for hydroxylation is 1. The molecule has 1 atom stereocenters. The Balaban J connectivity index is 1.97. The number of furan rings is 1. The van der Waals surface area contributed by atoms with E-state index in [9.17, 15) is 14.4 Å². The molecule has 0 saturated carbocycles. The highest BCUT2D eigenvalue weighted by molar-refractivity contribution is 9.10. The second kappa shape index (κ2) is 8.02. The van der Waals surface area contributed by atoms with Crippen molar-refractivity contribution < 1.29 is 18.8 Å². The maximum Gasteiger partial charge on any atom is 0.287 e. The molecule has 2 aromatic rings. The van der Waals surface area contributed by atoms with Crippen LogP contribution in [0.1, 0.15) is 34.9 Å². The molecule has 0 saturated heterocycles. The quantitative estimate of drug-likeness (QED) is 0.650. The fourth-order valence-corrected chi connectivity index (χ4v) is 2.69. The molecule has 2 rings (SSSR count). The van der Waals surface area contributed by atoms with Crippen molar-refractivity contribution >= 4 is 33.7 Å². The van der Waals surface area contributed by atoms with Gasteiger partial charge in [-0.15, -0.1) is 0 Å². The molecule has 0 fully saturated rings. The fourth-order valence-electron chi connectivity index (χ4n) is 2.17. The van der Waals surface area contributed by atoms with Gasteiger partial charge < -0.3 is 14.3 Å². The highest BCUT2D eigenvalue weighted by Crippen LogP contribution is 2.13. The average Bonchev–Trinajstić information content (AvgIpc) is 3.19. The van der Waals surface area contributed by atoms with Gasteiger partial charge in [-0.25, -0.2) is 0 Å². The van der Waals surface area contributed by atoms with Crippen LogP contribution in [0, 0.1) is 5.92 Å². The third-order valence-corrected chi connectivity index (χ3v) is 3.92. The molecule has 9 heteroatoms. The second-order valence-corrected chi connectivity index (χ2v) is 6.69. The topological polar surface area (TPSA) is 105 Å². The number of rotatable bonds is 5. The number of hydrogen-bond donors (Lipinski definition) is 3. The van der Waals surface area contributed by atoms with Crippen molar-refractivity contribution in [3.8, 4) is 0 Å². The number of halogens is 1. The van der Waals surface area contributed by atoms with E-state index in [-0.39, 0.29) is 11.7 Å². The minimum Gasteiger partial charge on any atom is -0.459 e. The Kier molecular flexibility index (Phi) is 6.02. The van der Waals surface area contributed by atoms with E-state index in [4.69, 9.17) is 4.42 Å². The standard InChI is InChI=1S/C16H19BrN4O4/c1-9(2)13(18-15(23)12-5-4-6-25-12)16(24)20-19-14(22)11-7-10(17)8-21(11)3/h4-9,13H,1-3H3,(H,18,23)(H,19,22)(H,20,24)/t13-/m0/s1. The van der Waals surface area contributed by atoms with Crippen molar-refractivity contribution in [1.29, 1.82) is 0 Å². The monoisotopic (exact) mass is 410 g/mol. The Morgan fingerprint density at radius 2 is 1.92 bits per heavy atom. The maximum atomic E-state index is 12.3. The average molecular weight is 411 g/mol. The van der Waals surface area contributed by atoms with Gasteiger partial charge in [0.05, 0.1) is 6.26 Å². The molecule has 2 aromatic heterocycles. The smallest absolute Gasteiger partial charge is 0.287 e. The molecule has 0 unspecified atom stereocenters. The molecule has 0 aromatic carbocycles. The van der Waals surface area contributed by atoms with Crippen LogP contribution in [0.2, 0.25) is 0 Å². The zero-order chi connectivity index (χ0) is 18.6. The number of nitrogens with zero attached hydrogens (tertiary/aromatic N) is 1. The zero-order valence-electron chi connectivity index (χ0n) is 14.0. The summed E-state index contributed by atoms with van der Waals surface area (Å²) in [6.07, 6.45) is 3.09. The molecule has 8 nitrogen and oxygen atoms in total. The molecule has 134 valence electrons. The molecule has 0 aliphatic rings. The number of hydrogen-bond acceptors (Lipinski definition) is 4. The van der Waals surface area contributed by atoms with Crippen molar-refractivity contribution in [3.63, 3.8) is 0 Å². The Labute approximate surface area is 153 Å². The van der Waals surface area contributed by atoms with E-state index in [1.165, 1.54) is 12.3 Å². The third kappa shape index (κ3) is 4.72. The van der Waals surface area contributed by atoms with E-state index >= 15 is 0 Å². The zero-order valence-corrected chi connectivity index (χ0v) is 15.6. The Morgan fingerprint density at radius 1 is 1.20 bits per heavy atom. The van der Waals surface area contributed by atoms with E-state index < -0.39 is 23.8 Å². The number of amides is 3. The van der Waals surface area contributed by atoms with Gasteiger partial charge in [0.15, 0.2) is 5.76 Å². The van der Waals surface area contributed by atoms with E-state index in [1.54, 1.807) is 43.8 Å². The van der Waals surface area contributed by atoms with E-state index in [1.807, 2.05) is 0 Å². The van der Waals surface area contributed by atoms with Crippen LogP contribution in [-0.4, -0.2) is 28.3 Å². The van der Waals surface area contributed by atoms with Crippen molar-refractivity contribution in [2.24, 2.45) is 13.0 Å². The highest BCUT2D eigenvalue weighted by atomic mass is 79.9. The Morgan fingerprint density at radius 3 is 2.44 bits per heavy atom. The summed E-state index contributed by atoms with van der Waals surface area (Å²) >= 11 is 3.28. The van der Waals surface area contributed by atoms with Gasteiger partial charge in [-0.1, -0.05) is 13.8 Å². The summed E-state index contributed by atoms with van der Waals surface area (Å²) in [5, 5.41) is 2.59. The van der Waals surface area contributed by atoms with Crippen molar-refractivity contribution in [1.82, 2.24) is 20.7 Å². The predicted octanol–water partition coefficient (Wildman–Crippen LogP) is 1.60. The number of hydrazine groups is 1. The van der Waals surface area contributed by atoms with Gasteiger partial charge in [-0.2, -0.15) is 0 Å². The lowest BCUT2D eigenvalue weighted by Crippen LogP contribution is -2.54. The molecule has 0 radical (unpaired) electrons. The number of nitrogens with one attached hydrogen (secondary N) is 3. The van der Waals surface area contributed by atoms with Crippen LogP contribution in [0.3, 0.4) is 0 Å². The lowest BCUT2D eigenvalue weighted by molar-refractivity contribution is -0.124. The van der Waals surface area contributed by atoms with E-state index in [0.717, 1.165) is 4.47 Å². The van der Waals surface area contributed by atoms with Crippen molar-refractivity contribution in [2.75, 3.05) is 0 Å². The summed E-state index contributed by atoms with van der Waals surface area (Å²) in [5.41, 5.74) is 5.05. The highest BCUT2D eigenvalue weighted by Gasteiger charge is 2.26. The first-order valence-electron chi connectivity index (χ1n) is 7.56. The minimum absolute atomic E-state index is 0.108. The first-order chi connectivity index (χ1) is 11.8. The molecule has 25 heavy (non-hydrogen) atoms. The molecule has 3 amide bonds. The van der Waals surface area contributed by atoms with Crippen LogP contribution in [-0.2, 0) is 11.8 Å². The first-order valence-corrected chi connectivity index (χ1v) is 8.35. The number of aromatic nitrogens is 1. The van der Waals surface area contributed by atoms with E-state index in [2.05, 4.69) is 32.1 Å². The second-order valence-electron chi connectivity index (χ2n) is 5.77. The van der Waals surface area contributed by atoms with Gasteiger partial charge >= 0.3 is 0 Å². The molecule has 3 N–H and O–H groups in total. The molecule has 0 aliphatic heterocycles. The minimum atomic E-state index is -0.835. The van der Waals surface area contributed by atoms with Gasteiger partial charge in [0.25, 0.3) is 17.7 Å². The third-order valence-electron chi connectivity index (χ3n) is 3.48. The van der Waals surface area contributed by atoms with Crippen molar-refractivity contribution in [2.45, 2.75) is 19.9 Å². The summed E-state index contributed by atoms with van der Waals surface area (Å²) in [6, 6.07) is 3.87. The van der Waals surface area contributed by atoms with E-state index in [0.29, 0.717) is 5.69 Å². The van der Waals surface area contributed by atoms with Crippen LogP contribution in [0.4, 0.5) is 0 Å². The van der Waals surface area contributed by atoms with Gasteiger partial charge in [0.1, 0.15) is 11.7 Å². The number of carbonyl (C=O) groups excluding carboxylic acids is 3. The Hall–Kier alpha value is -2.55. The first kappa shape index (κ1) is 18.8.